The van der Waals surface area contributed by atoms with Crippen LogP contribution in [0.1, 0.15) is 52.9 Å². The second-order valence-corrected chi connectivity index (χ2v) is 5.49. The predicted octanol–water partition coefficient (Wildman–Crippen LogP) is 2.89. The van der Waals surface area contributed by atoms with Gasteiger partial charge in [0.1, 0.15) is 0 Å². The predicted molar refractivity (Wildman–Crippen MR) is 71.8 cm³/mol. The highest BCUT2D eigenvalue weighted by Crippen LogP contribution is 2.28. The number of nitrogens with zero attached hydrogens (tertiary/aromatic N) is 1. The Hall–Kier alpha value is -0.0800. The Bertz CT molecular complexity index is 182. The second kappa shape index (κ2) is 7.29. The average molecular weight is 226 g/mol. The summed E-state index contributed by atoms with van der Waals surface area (Å²) in [5.41, 5.74) is 0. The van der Waals surface area contributed by atoms with Gasteiger partial charge in [0.2, 0.25) is 0 Å². The zero-order valence-corrected chi connectivity index (χ0v) is 11.6. The van der Waals surface area contributed by atoms with Crippen LogP contribution in [0.4, 0.5) is 0 Å². The summed E-state index contributed by atoms with van der Waals surface area (Å²) in [6.07, 6.45) is 6.97. The van der Waals surface area contributed by atoms with Gasteiger partial charge in [0, 0.05) is 12.1 Å². The van der Waals surface area contributed by atoms with Gasteiger partial charge in [-0.05, 0) is 52.2 Å². The van der Waals surface area contributed by atoms with E-state index in [0.29, 0.717) is 6.04 Å². The molecular weight excluding hydrogens is 196 g/mol. The maximum atomic E-state index is 3.42. The topological polar surface area (TPSA) is 15.3 Å². The van der Waals surface area contributed by atoms with Crippen molar-refractivity contribution in [3.8, 4) is 0 Å². The van der Waals surface area contributed by atoms with Crippen molar-refractivity contribution in [1.29, 1.82) is 0 Å². The van der Waals surface area contributed by atoms with Crippen LogP contribution in [-0.2, 0) is 0 Å². The van der Waals surface area contributed by atoms with Crippen molar-refractivity contribution in [2.24, 2.45) is 5.92 Å². The molecule has 0 aromatic carbocycles. The third-order valence-electron chi connectivity index (χ3n) is 4.27. The van der Waals surface area contributed by atoms with Crippen LogP contribution in [0.15, 0.2) is 0 Å². The first-order valence-corrected chi connectivity index (χ1v) is 7.09. The number of hydrogen-bond acceptors (Lipinski definition) is 2. The molecule has 16 heavy (non-hydrogen) atoms. The van der Waals surface area contributed by atoms with E-state index >= 15 is 0 Å². The van der Waals surface area contributed by atoms with E-state index in [9.17, 15) is 0 Å². The van der Waals surface area contributed by atoms with Crippen molar-refractivity contribution in [3.63, 3.8) is 0 Å². The minimum atomic E-state index is 0.713. The molecule has 0 heterocycles. The minimum Gasteiger partial charge on any atom is -0.317 e. The number of rotatable bonds is 6. The molecule has 1 N–H and O–H groups in total. The van der Waals surface area contributed by atoms with Crippen LogP contribution >= 0.6 is 0 Å². The summed E-state index contributed by atoms with van der Waals surface area (Å²) < 4.78 is 0. The summed E-state index contributed by atoms with van der Waals surface area (Å²) >= 11 is 0. The Morgan fingerprint density at radius 1 is 1.31 bits per heavy atom. The van der Waals surface area contributed by atoms with Crippen LogP contribution in [0.3, 0.4) is 0 Å². The van der Waals surface area contributed by atoms with Gasteiger partial charge in [0.25, 0.3) is 0 Å². The first kappa shape index (κ1) is 14.0. The lowest BCUT2D eigenvalue weighted by Crippen LogP contribution is -2.44. The normalized spacial score (nSPS) is 28.3. The van der Waals surface area contributed by atoms with Crippen molar-refractivity contribution >= 4 is 0 Å². The van der Waals surface area contributed by atoms with Gasteiger partial charge in [0.15, 0.2) is 0 Å². The lowest BCUT2D eigenvalue weighted by atomic mass is 9.84. The second-order valence-electron chi connectivity index (χ2n) is 5.49. The van der Waals surface area contributed by atoms with Gasteiger partial charge in [-0.3, -0.25) is 0 Å². The lowest BCUT2D eigenvalue weighted by Gasteiger charge is -2.39. The maximum absolute atomic E-state index is 3.42. The molecular formula is C14H30N2. The first-order valence-electron chi connectivity index (χ1n) is 7.09. The molecule has 0 saturated heterocycles. The largest absolute Gasteiger partial charge is 0.317 e. The quantitative estimate of drug-likeness (QED) is 0.701. The van der Waals surface area contributed by atoms with Crippen LogP contribution in [0.25, 0.3) is 0 Å². The van der Waals surface area contributed by atoms with E-state index in [1.165, 1.54) is 32.1 Å². The summed E-state index contributed by atoms with van der Waals surface area (Å²) in [7, 11) is 2.32. The molecule has 0 aromatic rings. The fourth-order valence-corrected chi connectivity index (χ4v) is 2.92. The van der Waals surface area contributed by atoms with Crippen molar-refractivity contribution in [2.45, 2.75) is 65.0 Å². The fraction of sp³-hybridized carbons (Fsp3) is 1.00. The van der Waals surface area contributed by atoms with Gasteiger partial charge in [-0.15, -0.1) is 0 Å². The van der Waals surface area contributed by atoms with E-state index in [1.807, 2.05) is 0 Å². The highest BCUT2D eigenvalue weighted by Gasteiger charge is 2.27. The molecule has 0 bridgehead atoms. The van der Waals surface area contributed by atoms with Crippen LogP contribution in [0.5, 0.6) is 0 Å². The highest BCUT2D eigenvalue weighted by atomic mass is 15.2. The Labute approximate surface area is 102 Å². The van der Waals surface area contributed by atoms with Crippen molar-refractivity contribution in [3.05, 3.63) is 0 Å². The molecule has 0 spiro atoms. The highest BCUT2D eigenvalue weighted by molar-refractivity contribution is 4.82. The zero-order chi connectivity index (χ0) is 12.0. The Kier molecular flexibility index (Phi) is 6.37. The van der Waals surface area contributed by atoms with Crippen molar-refractivity contribution in [1.82, 2.24) is 10.2 Å². The molecule has 0 amide bonds. The summed E-state index contributed by atoms with van der Waals surface area (Å²) in [6.45, 7) is 9.23. The monoisotopic (exact) mass is 226 g/mol. The zero-order valence-electron chi connectivity index (χ0n) is 11.6. The SMILES string of the molecule is CCNCCC(C)N(C)C1CCCCC1C. The molecule has 96 valence electrons. The van der Waals surface area contributed by atoms with Crippen LogP contribution in [-0.4, -0.2) is 37.1 Å². The molecule has 1 aliphatic carbocycles. The minimum absolute atomic E-state index is 0.713. The van der Waals surface area contributed by atoms with Gasteiger partial charge in [-0.25, -0.2) is 0 Å². The van der Waals surface area contributed by atoms with E-state index in [-0.39, 0.29) is 0 Å². The van der Waals surface area contributed by atoms with Gasteiger partial charge in [-0.1, -0.05) is 26.7 Å². The van der Waals surface area contributed by atoms with E-state index < -0.39 is 0 Å². The van der Waals surface area contributed by atoms with Crippen molar-refractivity contribution < 1.29 is 0 Å². The molecule has 0 radical (unpaired) electrons. The third kappa shape index (κ3) is 4.06. The van der Waals surface area contributed by atoms with Crippen LogP contribution in [0.2, 0.25) is 0 Å². The van der Waals surface area contributed by atoms with E-state index in [0.717, 1.165) is 25.0 Å². The standard InChI is InChI=1S/C14H30N2/c1-5-15-11-10-13(3)16(4)14-9-7-6-8-12(14)2/h12-15H,5-11H2,1-4H3. The van der Waals surface area contributed by atoms with E-state index in [1.54, 1.807) is 0 Å². The molecule has 0 aliphatic heterocycles. The summed E-state index contributed by atoms with van der Waals surface area (Å²) in [5, 5.41) is 3.42. The summed E-state index contributed by atoms with van der Waals surface area (Å²) in [6, 6.07) is 1.54. The first-order chi connectivity index (χ1) is 7.66. The van der Waals surface area contributed by atoms with Gasteiger partial charge < -0.3 is 10.2 Å². The molecule has 2 nitrogen and oxygen atoms in total. The van der Waals surface area contributed by atoms with Crippen molar-refractivity contribution in [2.75, 3.05) is 20.1 Å². The van der Waals surface area contributed by atoms with E-state index in [2.05, 4.69) is 38.0 Å². The van der Waals surface area contributed by atoms with E-state index in [4.69, 9.17) is 0 Å². The molecule has 1 rings (SSSR count). The molecule has 0 aromatic heterocycles. The molecule has 1 aliphatic rings. The number of nitrogens with one attached hydrogen (secondary N) is 1. The van der Waals surface area contributed by atoms with Crippen LogP contribution < -0.4 is 5.32 Å². The third-order valence-corrected chi connectivity index (χ3v) is 4.27. The van der Waals surface area contributed by atoms with Gasteiger partial charge in [-0.2, -0.15) is 0 Å². The fourth-order valence-electron chi connectivity index (χ4n) is 2.92. The number of hydrogen-bond donors (Lipinski definition) is 1. The Morgan fingerprint density at radius 3 is 2.62 bits per heavy atom. The smallest absolute Gasteiger partial charge is 0.0121 e. The summed E-state index contributed by atoms with van der Waals surface area (Å²) in [4.78, 5) is 2.63. The van der Waals surface area contributed by atoms with Gasteiger partial charge in [0.05, 0.1) is 0 Å². The molecule has 3 unspecified atom stereocenters. The van der Waals surface area contributed by atoms with Crippen LogP contribution in [0, 0.1) is 5.92 Å². The molecule has 1 saturated carbocycles. The molecule has 2 heteroatoms. The summed E-state index contributed by atoms with van der Waals surface area (Å²) in [5.74, 6) is 0.889. The molecule has 3 atom stereocenters. The average Bonchev–Trinajstić information content (AvgIpc) is 2.29. The lowest BCUT2D eigenvalue weighted by molar-refractivity contribution is 0.0996. The maximum Gasteiger partial charge on any atom is 0.0121 e. The molecule has 1 fully saturated rings. The Morgan fingerprint density at radius 2 is 2.00 bits per heavy atom. The van der Waals surface area contributed by atoms with Gasteiger partial charge >= 0.3 is 0 Å². The Balaban J connectivity index is 2.33.